The summed E-state index contributed by atoms with van der Waals surface area (Å²) in [7, 11) is 0. The summed E-state index contributed by atoms with van der Waals surface area (Å²) in [6, 6.07) is 13.3. The van der Waals surface area contributed by atoms with Crippen LogP contribution in [0.5, 0.6) is 0 Å². The van der Waals surface area contributed by atoms with Gasteiger partial charge in [0.2, 0.25) is 0 Å². The van der Waals surface area contributed by atoms with E-state index in [-0.39, 0.29) is 16.5 Å². The molecule has 0 atom stereocenters. The van der Waals surface area contributed by atoms with Crippen molar-refractivity contribution in [2.45, 2.75) is 23.6 Å². The maximum Gasteiger partial charge on any atom is 0.406 e. The maximum absolute atomic E-state index is 13.2. The lowest BCUT2D eigenvalue weighted by molar-refractivity contribution is -0.141. The van der Waals surface area contributed by atoms with Gasteiger partial charge in [-0.1, -0.05) is 53.7 Å². The molecule has 4 rings (SSSR count). The number of nitrogens with zero attached hydrogens (tertiary/aromatic N) is 4. The lowest BCUT2D eigenvalue weighted by atomic mass is 10.2. The number of pyridine rings is 1. The Kier molecular flexibility index (Phi) is 5.57. The molecule has 0 bridgehead atoms. The molecule has 0 spiro atoms. The maximum atomic E-state index is 13.2. The van der Waals surface area contributed by atoms with E-state index in [4.69, 9.17) is 11.6 Å². The van der Waals surface area contributed by atoms with E-state index in [9.17, 15) is 18.0 Å². The second-order valence-electron chi connectivity index (χ2n) is 6.44. The van der Waals surface area contributed by atoms with E-state index >= 15 is 0 Å². The number of hydrogen-bond acceptors (Lipinski definition) is 4. The number of thioether (sulfide) groups is 1. The Labute approximate surface area is 178 Å². The number of benzene rings is 1. The van der Waals surface area contributed by atoms with Gasteiger partial charge in [-0.05, 0) is 17.7 Å². The summed E-state index contributed by atoms with van der Waals surface area (Å²) >= 11 is 6.99. The third-order valence-corrected chi connectivity index (χ3v) is 5.50. The third kappa shape index (κ3) is 4.52. The number of fused-ring (bicyclic) bond motifs is 1. The largest absolute Gasteiger partial charge is 0.406 e. The van der Waals surface area contributed by atoms with E-state index in [1.165, 1.54) is 22.9 Å². The molecule has 0 fully saturated rings. The molecule has 0 saturated heterocycles. The Balaban J connectivity index is 1.65. The van der Waals surface area contributed by atoms with Crippen LogP contribution in [0.2, 0.25) is 5.02 Å². The zero-order valence-corrected chi connectivity index (χ0v) is 16.9. The fourth-order valence-corrected chi connectivity index (χ4v) is 4.02. The first-order valence-electron chi connectivity index (χ1n) is 8.78. The fourth-order valence-electron chi connectivity index (χ4n) is 2.98. The van der Waals surface area contributed by atoms with Crippen LogP contribution < -0.4 is 5.56 Å². The minimum atomic E-state index is -4.40. The number of imidazole rings is 1. The third-order valence-electron chi connectivity index (χ3n) is 4.25. The molecule has 0 radical (unpaired) electrons. The van der Waals surface area contributed by atoms with E-state index in [1.807, 2.05) is 0 Å². The van der Waals surface area contributed by atoms with Gasteiger partial charge in [-0.15, -0.1) is 0 Å². The molecule has 0 aliphatic rings. The van der Waals surface area contributed by atoms with E-state index in [2.05, 4.69) is 9.97 Å². The Morgan fingerprint density at radius 2 is 1.87 bits per heavy atom. The number of aromatic nitrogens is 4. The molecular weight excluding hydrogens is 437 g/mol. The Morgan fingerprint density at radius 1 is 1.10 bits per heavy atom. The molecule has 0 N–H and O–H groups in total. The first kappa shape index (κ1) is 20.5. The predicted octanol–water partition coefficient (Wildman–Crippen LogP) is 5.07. The standard InChI is InChI=1S/C20H14ClF3N4OS/c21-14-6-7-17-26-15(8-18(29)27(17)10-14)11-30-19-25-9-16(13-4-2-1-3-5-13)28(19)12-20(22,23)24/h1-10H,11-12H2. The van der Waals surface area contributed by atoms with Gasteiger partial charge in [0.05, 0.1) is 22.6 Å². The van der Waals surface area contributed by atoms with Gasteiger partial charge in [-0.25, -0.2) is 9.97 Å². The van der Waals surface area contributed by atoms with Crippen LogP contribution in [0.4, 0.5) is 13.2 Å². The molecule has 0 amide bonds. The molecule has 3 aromatic heterocycles. The van der Waals surface area contributed by atoms with Gasteiger partial charge in [-0.3, -0.25) is 9.20 Å². The quantitative estimate of drug-likeness (QED) is 0.398. The van der Waals surface area contributed by atoms with Crippen molar-refractivity contribution in [3.63, 3.8) is 0 Å². The highest BCUT2D eigenvalue weighted by molar-refractivity contribution is 7.98. The van der Waals surface area contributed by atoms with Crippen LogP contribution in [0.25, 0.3) is 16.9 Å². The fraction of sp³-hybridized carbons (Fsp3) is 0.150. The average Bonchev–Trinajstić information content (AvgIpc) is 3.08. The molecule has 4 aromatic rings. The molecule has 154 valence electrons. The molecular formula is C20H14ClF3N4OS. The van der Waals surface area contributed by atoms with Gasteiger partial charge in [-0.2, -0.15) is 13.2 Å². The second-order valence-corrected chi connectivity index (χ2v) is 7.82. The summed E-state index contributed by atoms with van der Waals surface area (Å²) in [5, 5.41) is 0.598. The SMILES string of the molecule is O=c1cc(CSc2ncc(-c3ccccc3)n2CC(F)(F)F)nc2ccc(Cl)cn12. The van der Waals surface area contributed by atoms with Crippen LogP contribution in [0.1, 0.15) is 5.69 Å². The summed E-state index contributed by atoms with van der Waals surface area (Å²) in [4.78, 5) is 20.9. The normalized spacial score (nSPS) is 11.9. The van der Waals surface area contributed by atoms with Gasteiger partial charge < -0.3 is 4.57 Å². The molecule has 0 aliphatic heterocycles. The summed E-state index contributed by atoms with van der Waals surface area (Å²) in [5.74, 6) is 0.192. The van der Waals surface area contributed by atoms with Crippen molar-refractivity contribution in [1.29, 1.82) is 0 Å². The van der Waals surface area contributed by atoms with E-state index < -0.39 is 12.7 Å². The zero-order chi connectivity index (χ0) is 21.3. The lowest BCUT2D eigenvalue weighted by Gasteiger charge is -2.14. The number of rotatable bonds is 5. The number of alkyl halides is 3. The molecule has 0 saturated carbocycles. The summed E-state index contributed by atoms with van der Waals surface area (Å²) in [5.41, 5.74) is 1.54. The van der Waals surface area contributed by atoms with Crippen molar-refractivity contribution in [3.8, 4) is 11.3 Å². The zero-order valence-electron chi connectivity index (χ0n) is 15.3. The van der Waals surface area contributed by atoms with Gasteiger partial charge >= 0.3 is 6.18 Å². The van der Waals surface area contributed by atoms with Crippen LogP contribution >= 0.6 is 23.4 Å². The van der Waals surface area contributed by atoms with Crippen molar-refractivity contribution in [2.75, 3.05) is 0 Å². The van der Waals surface area contributed by atoms with Gasteiger partial charge in [0.15, 0.2) is 5.16 Å². The first-order chi connectivity index (χ1) is 14.3. The highest BCUT2D eigenvalue weighted by atomic mass is 35.5. The van der Waals surface area contributed by atoms with E-state index in [1.54, 1.807) is 42.5 Å². The monoisotopic (exact) mass is 450 g/mol. The molecule has 0 unspecified atom stereocenters. The highest BCUT2D eigenvalue weighted by Gasteiger charge is 2.30. The van der Waals surface area contributed by atoms with Crippen LogP contribution in [0, 0.1) is 0 Å². The smallest absolute Gasteiger partial charge is 0.310 e. The molecule has 0 aliphatic carbocycles. The van der Waals surface area contributed by atoms with Crippen molar-refractivity contribution in [1.82, 2.24) is 18.9 Å². The summed E-state index contributed by atoms with van der Waals surface area (Å²) in [6.45, 7) is -1.16. The molecule has 30 heavy (non-hydrogen) atoms. The van der Waals surface area contributed by atoms with Crippen LogP contribution in [0.15, 0.2) is 70.9 Å². The van der Waals surface area contributed by atoms with Crippen molar-refractivity contribution in [3.05, 3.63) is 82.0 Å². The minimum absolute atomic E-state index is 0.192. The topological polar surface area (TPSA) is 52.2 Å². The number of hydrogen-bond donors (Lipinski definition) is 0. The Bertz CT molecular complexity index is 1250. The Morgan fingerprint density at radius 3 is 2.60 bits per heavy atom. The molecule has 10 heteroatoms. The Hall–Kier alpha value is -2.78. The predicted molar refractivity (Wildman–Crippen MR) is 110 cm³/mol. The van der Waals surface area contributed by atoms with Gasteiger partial charge in [0.25, 0.3) is 5.56 Å². The number of halogens is 4. The molecule has 1 aromatic carbocycles. The van der Waals surface area contributed by atoms with Gasteiger partial charge in [0, 0.05) is 18.0 Å². The minimum Gasteiger partial charge on any atom is -0.310 e. The van der Waals surface area contributed by atoms with Gasteiger partial charge in [0.1, 0.15) is 12.2 Å². The van der Waals surface area contributed by atoms with Crippen LogP contribution in [-0.4, -0.2) is 25.1 Å². The van der Waals surface area contributed by atoms with Crippen molar-refractivity contribution >= 4 is 29.0 Å². The average molecular weight is 451 g/mol. The molecule has 5 nitrogen and oxygen atoms in total. The summed E-state index contributed by atoms with van der Waals surface area (Å²) in [6.07, 6.45) is -1.52. The first-order valence-corrected chi connectivity index (χ1v) is 10.1. The highest BCUT2D eigenvalue weighted by Crippen LogP contribution is 2.31. The molecule has 3 heterocycles. The lowest BCUT2D eigenvalue weighted by Crippen LogP contribution is -2.19. The summed E-state index contributed by atoms with van der Waals surface area (Å²) < 4.78 is 42.0. The van der Waals surface area contributed by atoms with E-state index in [0.29, 0.717) is 27.6 Å². The van der Waals surface area contributed by atoms with Crippen molar-refractivity contribution in [2.24, 2.45) is 0 Å². The second kappa shape index (κ2) is 8.16. The van der Waals surface area contributed by atoms with Crippen molar-refractivity contribution < 1.29 is 13.2 Å². The van der Waals surface area contributed by atoms with Crippen LogP contribution in [0.3, 0.4) is 0 Å². The van der Waals surface area contributed by atoms with Crippen LogP contribution in [-0.2, 0) is 12.3 Å². The van der Waals surface area contributed by atoms with E-state index in [0.717, 1.165) is 16.3 Å².